The number of rotatable bonds is 6. The van der Waals surface area contributed by atoms with Gasteiger partial charge in [-0.05, 0) is 55.7 Å². The fraction of sp³-hybridized carbons (Fsp3) is 0.280. The standard InChI is InChI=1S/C25H26N6O5S/c1-4-14(15-11-18-20(28-12-15)30-21(32)25(3,36-18)22(33)34)10-16(17-8-6-7-9-27-17)19-13-29-24(37-19)31-23(35)26-5-2/h6-12H,4-5,13H2,1-3H3,(H,33,34)(H,28,30,32)(H2,26,29,31,35)/b14-10+,19-16-. The highest BCUT2D eigenvalue weighted by Crippen LogP contribution is 2.37. The van der Waals surface area contributed by atoms with Gasteiger partial charge in [-0.25, -0.2) is 14.6 Å². The third kappa shape index (κ3) is 5.48. The van der Waals surface area contributed by atoms with Crippen molar-refractivity contribution in [3.8, 4) is 5.75 Å². The zero-order chi connectivity index (χ0) is 26.6. The molecular weight excluding hydrogens is 496 g/mol. The number of nitrogens with one attached hydrogen (secondary N) is 3. The Morgan fingerprint density at radius 2 is 2.11 bits per heavy atom. The number of nitrogens with zero attached hydrogens (tertiary/aromatic N) is 3. The van der Waals surface area contributed by atoms with Crippen molar-refractivity contribution in [2.75, 3.05) is 18.4 Å². The predicted octanol–water partition coefficient (Wildman–Crippen LogP) is 3.28. The van der Waals surface area contributed by atoms with Crippen LogP contribution < -0.4 is 20.7 Å². The SMILES string of the molecule is CCNC(=O)NC1=NC/C(=C(\C=C(/CC)c2cnc3c(c2)OC(C)(C(=O)O)C(=O)N3)c2ccccn2)S1. The average Bonchev–Trinajstić information content (AvgIpc) is 3.33. The van der Waals surface area contributed by atoms with Crippen LogP contribution in [0.4, 0.5) is 10.6 Å². The summed E-state index contributed by atoms with van der Waals surface area (Å²) >= 11 is 1.36. The molecule has 4 N–H and O–H groups in total. The molecule has 2 aliphatic heterocycles. The van der Waals surface area contributed by atoms with Crippen molar-refractivity contribution in [2.24, 2.45) is 4.99 Å². The Balaban J connectivity index is 1.71. The van der Waals surface area contributed by atoms with Gasteiger partial charge in [0.25, 0.3) is 11.5 Å². The molecule has 0 saturated heterocycles. The Labute approximate surface area is 217 Å². The highest BCUT2D eigenvalue weighted by molar-refractivity contribution is 8.17. The van der Waals surface area contributed by atoms with Crippen LogP contribution in [-0.2, 0) is 9.59 Å². The molecule has 37 heavy (non-hydrogen) atoms. The quantitative estimate of drug-likeness (QED) is 0.421. The van der Waals surface area contributed by atoms with Crippen LogP contribution in [0, 0.1) is 0 Å². The molecule has 12 heteroatoms. The zero-order valence-electron chi connectivity index (χ0n) is 20.5. The molecule has 192 valence electrons. The number of amidine groups is 1. The van der Waals surface area contributed by atoms with Gasteiger partial charge in [0.05, 0.1) is 12.2 Å². The van der Waals surface area contributed by atoms with E-state index in [4.69, 9.17) is 4.74 Å². The number of anilines is 1. The number of thioether (sulfide) groups is 1. The number of carboxylic acids is 1. The molecule has 4 heterocycles. The largest absolute Gasteiger partial charge is 0.478 e. The Morgan fingerprint density at radius 1 is 1.30 bits per heavy atom. The molecule has 1 atom stereocenters. The summed E-state index contributed by atoms with van der Waals surface area (Å²) in [6.45, 7) is 5.89. The molecule has 4 rings (SSSR count). The number of fused-ring (bicyclic) bond motifs is 1. The highest BCUT2D eigenvalue weighted by atomic mass is 32.2. The average molecular weight is 523 g/mol. The van der Waals surface area contributed by atoms with Gasteiger partial charge in [0, 0.05) is 29.4 Å². The molecule has 3 amide bonds. The third-order valence-electron chi connectivity index (χ3n) is 5.70. The first kappa shape index (κ1) is 25.9. The van der Waals surface area contributed by atoms with Crippen LogP contribution >= 0.6 is 11.8 Å². The summed E-state index contributed by atoms with van der Waals surface area (Å²) in [6.07, 6.45) is 5.90. The fourth-order valence-corrected chi connectivity index (χ4v) is 4.55. The molecule has 0 aromatic carbocycles. The molecule has 0 radical (unpaired) electrons. The number of aliphatic carboxylic acids is 1. The second kappa shape index (κ2) is 10.8. The number of allylic oxidation sites excluding steroid dienone is 3. The van der Waals surface area contributed by atoms with E-state index in [9.17, 15) is 19.5 Å². The van der Waals surface area contributed by atoms with Gasteiger partial charge in [-0.1, -0.05) is 24.8 Å². The van der Waals surface area contributed by atoms with E-state index in [0.29, 0.717) is 30.2 Å². The van der Waals surface area contributed by atoms with E-state index < -0.39 is 17.5 Å². The number of urea groups is 1. The van der Waals surface area contributed by atoms with Gasteiger partial charge >= 0.3 is 12.0 Å². The number of aromatic nitrogens is 2. The predicted molar refractivity (Wildman–Crippen MR) is 141 cm³/mol. The van der Waals surface area contributed by atoms with E-state index in [1.54, 1.807) is 18.5 Å². The van der Waals surface area contributed by atoms with Crippen LogP contribution in [-0.4, -0.2) is 56.8 Å². The first-order valence-corrected chi connectivity index (χ1v) is 12.4. The summed E-state index contributed by atoms with van der Waals surface area (Å²) in [5.41, 5.74) is 1.09. The second-order valence-electron chi connectivity index (χ2n) is 8.25. The third-order valence-corrected chi connectivity index (χ3v) is 6.72. The minimum absolute atomic E-state index is 0.159. The van der Waals surface area contributed by atoms with Gasteiger partial charge in [0.15, 0.2) is 16.7 Å². The summed E-state index contributed by atoms with van der Waals surface area (Å²) in [5.74, 6) is -1.87. The van der Waals surface area contributed by atoms with Gasteiger partial charge in [0.1, 0.15) is 0 Å². The Bertz CT molecular complexity index is 1340. The minimum atomic E-state index is -2.06. The maximum atomic E-state index is 12.2. The summed E-state index contributed by atoms with van der Waals surface area (Å²) in [4.78, 5) is 50.0. The molecule has 0 spiro atoms. The van der Waals surface area contributed by atoms with E-state index in [1.807, 2.05) is 38.1 Å². The summed E-state index contributed by atoms with van der Waals surface area (Å²) < 4.78 is 5.59. The fourth-order valence-electron chi connectivity index (χ4n) is 3.64. The molecule has 0 fully saturated rings. The summed E-state index contributed by atoms with van der Waals surface area (Å²) in [6, 6.07) is 6.96. The number of pyridine rings is 2. The summed E-state index contributed by atoms with van der Waals surface area (Å²) in [5, 5.41) is 17.9. The van der Waals surface area contributed by atoms with Crippen LogP contribution in [0.5, 0.6) is 5.75 Å². The second-order valence-corrected chi connectivity index (χ2v) is 9.33. The van der Waals surface area contributed by atoms with Crippen molar-refractivity contribution >= 4 is 51.8 Å². The molecule has 2 aliphatic rings. The Hall–Kier alpha value is -4.19. The lowest BCUT2D eigenvalue weighted by Gasteiger charge is -2.30. The van der Waals surface area contributed by atoms with Crippen LogP contribution in [0.3, 0.4) is 0 Å². The molecule has 0 saturated carbocycles. The first-order chi connectivity index (χ1) is 17.7. The molecule has 0 aliphatic carbocycles. The zero-order valence-corrected chi connectivity index (χ0v) is 21.3. The van der Waals surface area contributed by atoms with E-state index in [2.05, 4.69) is 30.9 Å². The van der Waals surface area contributed by atoms with E-state index in [1.165, 1.54) is 18.7 Å². The summed E-state index contributed by atoms with van der Waals surface area (Å²) in [7, 11) is 0. The maximum Gasteiger partial charge on any atom is 0.357 e. The molecule has 11 nitrogen and oxygen atoms in total. The number of hydrogen-bond donors (Lipinski definition) is 4. The minimum Gasteiger partial charge on any atom is -0.478 e. The van der Waals surface area contributed by atoms with Crippen LogP contribution in [0.25, 0.3) is 11.1 Å². The highest BCUT2D eigenvalue weighted by Gasteiger charge is 2.48. The van der Waals surface area contributed by atoms with Crippen LogP contribution in [0.1, 0.15) is 38.4 Å². The van der Waals surface area contributed by atoms with Gasteiger partial charge in [-0.3, -0.25) is 20.1 Å². The lowest BCUT2D eigenvalue weighted by atomic mass is 9.99. The number of ether oxygens (including phenoxy) is 1. The molecular formula is C25H26N6O5S. The maximum absolute atomic E-state index is 12.2. The van der Waals surface area contributed by atoms with Gasteiger partial charge in [0.2, 0.25) is 0 Å². The number of carboxylic acid groups (broad SMARTS) is 1. The molecule has 2 aromatic rings. The van der Waals surface area contributed by atoms with E-state index in [-0.39, 0.29) is 17.6 Å². The van der Waals surface area contributed by atoms with Crippen molar-refractivity contribution in [3.05, 3.63) is 58.9 Å². The molecule has 2 aromatic heterocycles. The van der Waals surface area contributed by atoms with Crippen molar-refractivity contribution in [3.63, 3.8) is 0 Å². The number of amides is 3. The van der Waals surface area contributed by atoms with Crippen molar-refractivity contribution in [2.45, 2.75) is 32.8 Å². The number of carbonyl (C=O) groups is 3. The lowest BCUT2D eigenvalue weighted by molar-refractivity contribution is -0.159. The molecule has 1 unspecified atom stereocenters. The number of aliphatic imine (C=N–C) groups is 1. The van der Waals surface area contributed by atoms with Crippen molar-refractivity contribution < 1.29 is 24.2 Å². The van der Waals surface area contributed by atoms with Gasteiger partial charge in [-0.15, -0.1) is 0 Å². The Kier molecular flexibility index (Phi) is 7.58. The van der Waals surface area contributed by atoms with Crippen LogP contribution in [0.15, 0.2) is 52.6 Å². The smallest absolute Gasteiger partial charge is 0.357 e. The van der Waals surface area contributed by atoms with E-state index >= 15 is 0 Å². The van der Waals surface area contributed by atoms with Crippen molar-refractivity contribution in [1.82, 2.24) is 20.6 Å². The van der Waals surface area contributed by atoms with Gasteiger partial charge in [-0.2, -0.15) is 0 Å². The van der Waals surface area contributed by atoms with E-state index in [0.717, 1.165) is 21.7 Å². The first-order valence-electron chi connectivity index (χ1n) is 11.6. The van der Waals surface area contributed by atoms with Crippen LogP contribution in [0.2, 0.25) is 0 Å². The monoisotopic (exact) mass is 522 g/mol. The normalized spacial score (nSPS) is 20.2. The van der Waals surface area contributed by atoms with Crippen molar-refractivity contribution in [1.29, 1.82) is 0 Å². The van der Waals surface area contributed by atoms with Gasteiger partial charge < -0.3 is 20.5 Å². The molecule has 0 bridgehead atoms. The lowest BCUT2D eigenvalue weighted by Crippen LogP contribution is -2.54. The Morgan fingerprint density at radius 3 is 2.78 bits per heavy atom. The topological polar surface area (TPSA) is 155 Å². The number of carbonyl (C=O) groups excluding carboxylic acids is 2. The number of hydrogen-bond acceptors (Lipinski definition) is 8.